The topological polar surface area (TPSA) is 93.1 Å². The molecule has 2 aromatic rings. The van der Waals surface area contributed by atoms with Gasteiger partial charge in [-0.05, 0) is 31.4 Å². The van der Waals surface area contributed by atoms with Gasteiger partial charge in [-0.25, -0.2) is 4.79 Å². The first-order valence-corrected chi connectivity index (χ1v) is 11.0. The van der Waals surface area contributed by atoms with Gasteiger partial charge in [0, 0.05) is 12.3 Å². The third-order valence-electron chi connectivity index (χ3n) is 5.84. The Morgan fingerprint density at radius 1 is 0.969 bits per heavy atom. The van der Waals surface area contributed by atoms with E-state index in [1.807, 2.05) is 67.6 Å². The quantitative estimate of drug-likeness (QED) is 0.478. The highest BCUT2D eigenvalue weighted by atomic mass is 16.6. The zero-order valence-electron chi connectivity index (χ0n) is 19.2. The van der Waals surface area contributed by atoms with Crippen LogP contribution in [0.25, 0.3) is 0 Å². The van der Waals surface area contributed by atoms with Gasteiger partial charge in [0.1, 0.15) is 0 Å². The molecule has 0 saturated carbocycles. The molecular formula is C26H34O6. The Labute approximate surface area is 190 Å². The Balaban J connectivity index is 2.21. The number of ether oxygens (including phenoxy) is 2. The van der Waals surface area contributed by atoms with Gasteiger partial charge in [0.2, 0.25) is 6.10 Å². The van der Waals surface area contributed by atoms with Crippen LogP contribution in [0.3, 0.4) is 0 Å². The molecule has 174 valence electrons. The lowest BCUT2D eigenvalue weighted by Crippen LogP contribution is -2.49. The third kappa shape index (κ3) is 6.90. The molecule has 0 aliphatic carbocycles. The number of aliphatic hydroxyl groups is 1. The van der Waals surface area contributed by atoms with Crippen molar-refractivity contribution in [3.05, 3.63) is 71.8 Å². The maximum atomic E-state index is 13.0. The first-order chi connectivity index (χ1) is 15.2. The van der Waals surface area contributed by atoms with Crippen LogP contribution in [0.4, 0.5) is 0 Å². The zero-order chi connectivity index (χ0) is 23.7. The molecule has 6 nitrogen and oxygen atoms in total. The van der Waals surface area contributed by atoms with E-state index < -0.39 is 35.7 Å². The number of carbonyl (C=O) groups is 2. The fraction of sp³-hybridized carbons (Fsp3) is 0.462. The Morgan fingerprint density at radius 3 is 2.00 bits per heavy atom. The number of carboxylic acids is 1. The number of aliphatic carboxylic acids is 1. The highest BCUT2D eigenvalue weighted by Crippen LogP contribution is 2.30. The van der Waals surface area contributed by atoms with Gasteiger partial charge in [0.15, 0.2) is 0 Å². The second-order valence-electron chi connectivity index (χ2n) is 8.74. The maximum Gasteiger partial charge on any atom is 0.345 e. The second-order valence-corrected chi connectivity index (χ2v) is 8.74. The van der Waals surface area contributed by atoms with Gasteiger partial charge in [0.05, 0.1) is 24.2 Å². The Kier molecular flexibility index (Phi) is 9.42. The van der Waals surface area contributed by atoms with Crippen molar-refractivity contribution in [3.63, 3.8) is 0 Å². The van der Waals surface area contributed by atoms with E-state index in [0.717, 1.165) is 11.1 Å². The zero-order valence-corrected chi connectivity index (χ0v) is 19.2. The number of hydrogen-bond donors (Lipinski definition) is 2. The minimum atomic E-state index is -1.38. The summed E-state index contributed by atoms with van der Waals surface area (Å²) in [6.07, 6.45) is -2.25. The summed E-state index contributed by atoms with van der Waals surface area (Å²) in [5.41, 5.74) is 0.523. The molecule has 32 heavy (non-hydrogen) atoms. The number of carbonyl (C=O) groups excluding carboxylic acids is 1. The van der Waals surface area contributed by atoms with Gasteiger partial charge in [-0.1, -0.05) is 74.5 Å². The molecule has 2 N–H and O–H groups in total. The van der Waals surface area contributed by atoms with E-state index in [2.05, 4.69) is 0 Å². The lowest BCUT2D eigenvalue weighted by Gasteiger charge is -2.35. The Bertz CT molecular complexity index is 849. The summed E-state index contributed by atoms with van der Waals surface area (Å²) in [6.45, 7) is 6.93. The summed E-state index contributed by atoms with van der Waals surface area (Å²) in [6, 6.07) is 19.1. The highest BCUT2D eigenvalue weighted by molar-refractivity contribution is 5.81. The summed E-state index contributed by atoms with van der Waals surface area (Å²) in [4.78, 5) is 24.6. The van der Waals surface area contributed by atoms with Crippen molar-refractivity contribution < 1.29 is 29.3 Å². The summed E-state index contributed by atoms with van der Waals surface area (Å²) < 4.78 is 11.4. The van der Waals surface area contributed by atoms with Crippen LogP contribution in [0, 0.1) is 11.3 Å². The van der Waals surface area contributed by atoms with E-state index in [-0.39, 0.29) is 12.5 Å². The lowest BCUT2D eigenvalue weighted by atomic mass is 9.81. The second kappa shape index (κ2) is 11.8. The largest absolute Gasteiger partial charge is 0.478 e. The summed E-state index contributed by atoms with van der Waals surface area (Å²) in [5.74, 6) is -2.31. The van der Waals surface area contributed by atoms with E-state index in [1.54, 1.807) is 20.8 Å². The van der Waals surface area contributed by atoms with Crippen LogP contribution in [0.1, 0.15) is 45.2 Å². The molecule has 0 fully saturated rings. The maximum absolute atomic E-state index is 13.0. The summed E-state index contributed by atoms with van der Waals surface area (Å²) in [5, 5.41) is 20.7. The van der Waals surface area contributed by atoms with Crippen molar-refractivity contribution in [3.8, 4) is 0 Å². The number of benzene rings is 2. The van der Waals surface area contributed by atoms with E-state index in [0.29, 0.717) is 12.8 Å². The molecule has 0 amide bonds. The number of aliphatic hydroxyl groups excluding tert-OH is 1. The van der Waals surface area contributed by atoms with Crippen LogP contribution in [0.2, 0.25) is 0 Å². The molecule has 0 spiro atoms. The van der Waals surface area contributed by atoms with Crippen LogP contribution in [-0.4, -0.2) is 40.5 Å². The van der Waals surface area contributed by atoms with Crippen molar-refractivity contribution in [2.75, 3.05) is 0 Å². The van der Waals surface area contributed by atoms with Gasteiger partial charge < -0.3 is 19.7 Å². The first-order valence-electron chi connectivity index (χ1n) is 11.0. The van der Waals surface area contributed by atoms with Gasteiger partial charge >= 0.3 is 11.9 Å². The van der Waals surface area contributed by atoms with E-state index >= 15 is 0 Å². The highest BCUT2D eigenvalue weighted by Gasteiger charge is 2.44. The van der Waals surface area contributed by atoms with E-state index in [9.17, 15) is 19.8 Å². The van der Waals surface area contributed by atoms with Crippen LogP contribution < -0.4 is 0 Å². The normalized spacial score (nSPS) is 15.4. The average Bonchev–Trinajstić information content (AvgIpc) is 2.80. The van der Waals surface area contributed by atoms with Crippen molar-refractivity contribution in [2.45, 2.75) is 65.5 Å². The smallest absolute Gasteiger partial charge is 0.345 e. The monoisotopic (exact) mass is 442 g/mol. The minimum Gasteiger partial charge on any atom is -0.478 e. The molecule has 0 saturated heterocycles. The summed E-state index contributed by atoms with van der Waals surface area (Å²) >= 11 is 0. The molecule has 0 bridgehead atoms. The average molecular weight is 443 g/mol. The molecule has 0 radical (unpaired) electrons. The standard InChI is InChI=1S/C26H34O6/c1-5-18(2)22(24(28)29)32-25(30)26(3,4)23(27)21(16-19-12-8-6-9-13-19)31-17-20-14-10-7-11-15-20/h6-15,18,21-23,27H,5,16-17H2,1-4H3,(H,28,29)/t18-,21-,22-,23?/m0/s1. The minimum absolute atomic E-state index is 0.269. The van der Waals surface area contributed by atoms with Crippen molar-refractivity contribution in [2.24, 2.45) is 11.3 Å². The molecule has 2 rings (SSSR count). The van der Waals surface area contributed by atoms with Crippen LogP contribution in [0.15, 0.2) is 60.7 Å². The third-order valence-corrected chi connectivity index (χ3v) is 5.84. The van der Waals surface area contributed by atoms with Crippen molar-refractivity contribution in [1.82, 2.24) is 0 Å². The molecule has 0 aliphatic rings. The summed E-state index contributed by atoms with van der Waals surface area (Å²) in [7, 11) is 0. The van der Waals surface area contributed by atoms with Gasteiger partial charge in [-0.2, -0.15) is 0 Å². The van der Waals surface area contributed by atoms with Gasteiger partial charge in [0.25, 0.3) is 0 Å². The van der Waals surface area contributed by atoms with Gasteiger partial charge in [-0.15, -0.1) is 0 Å². The molecular weight excluding hydrogens is 408 g/mol. The molecule has 2 aromatic carbocycles. The Hall–Kier alpha value is -2.70. The van der Waals surface area contributed by atoms with Gasteiger partial charge in [-0.3, -0.25) is 4.79 Å². The van der Waals surface area contributed by atoms with Crippen LogP contribution >= 0.6 is 0 Å². The predicted molar refractivity (Wildman–Crippen MR) is 122 cm³/mol. The molecule has 0 aliphatic heterocycles. The fourth-order valence-corrected chi connectivity index (χ4v) is 3.36. The van der Waals surface area contributed by atoms with Crippen molar-refractivity contribution >= 4 is 11.9 Å². The molecule has 0 aromatic heterocycles. The van der Waals surface area contributed by atoms with E-state index in [1.165, 1.54) is 0 Å². The SMILES string of the molecule is CC[C@H](C)[C@H](OC(=O)C(C)(C)C(O)[C@H](Cc1ccccc1)OCc1ccccc1)C(=O)O. The number of carboxylic acid groups (broad SMARTS) is 1. The molecule has 6 heteroatoms. The lowest BCUT2D eigenvalue weighted by molar-refractivity contribution is -0.184. The predicted octanol–water partition coefficient (Wildman–Crippen LogP) is 4.24. The van der Waals surface area contributed by atoms with Crippen molar-refractivity contribution in [1.29, 1.82) is 0 Å². The number of esters is 1. The first kappa shape index (κ1) is 25.6. The molecule has 4 atom stereocenters. The van der Waals surface area contributed by atoms with Crippen LogP contribution in [-0.2, 0) is 32.1 Å². The fourth-order valence-electron chi connectivity index (χ4n) is 3.36. The number of hydrogen-bond acceptors (Lipinski definition) is 5. The van der Waals surface area contributed by atoms with Crippen LogP contribution in [0.5, 0.6) is 0 Å². The number of rotatable bonds is 12. The molecule has 1 unspecified atom stereocenters. The van der Waals surface area contributed by atoms with E-state index in [4.69, 9.17) is 9.47 Å². The Morgan fingerprint density at radius 2 is 1.50 bits per heavy atom. The molecule has 0 heterocycles.